The van der Waals surface area contributed by atoms with Gasteiger partial charge in [-0.3, -0.25) is 0 Å². The number of esters is 2. The molecule has 0 atom stereocenters. The van der Waals surface area contributed by atoms with Gasteiger partial charge in [0, 0.05) is 8.04 Å². The van der Waals surface area contributed by atoms with Crippen LogP contribution >= 0.6 is 38.5 Å². The summed E-state index contributed by atoms with van der Waals surface area (Å²) in [7, 11) is 2.48. The van der Waals surface area contributed by atoms with Crippen LogP contribution in [0.5, 0.6) is 0 Å². The predicted octanol–water partition coefficient (Wildman–Crippen LogP) is 3.00. The molecule has 1 rings (SSSR count). The molecule has 108 valence electrons. The minimum atomic E-state index is -0.647. The fourth-order valence-corrected chi connectivity index (χ4v) is 2.64. The number of carbonyl (C=O) groups excluding carboxylic acids is 2. The van der Waals surface area contributed by atoms with Crippen molar-refractivity contribution >= 4 is 56.1 Å². The monoisotopic (exact) mass is 453 g/mol. The Labute approximate surface area is 139 Å². The second-order valence-corrected chi connectivity index (χ2v) is 5.66. The first kappa shape index (κ1) is 17.0. The van der Waals surface area contributed by atoms with Crippen LogP contribution in [0, 0.1) is 10.5 Å². The third kappa shape index (κ3) is 4.20. The van der Waals surface area contributed by atoms with Gasteiger partial charge >= 0.3 is 11.9 Å². The van der Waals surface area contributed by atoms with E-state index in [0.29, 0.717) is 5.69 Å². The normalized spacial score (nSPS) is 10.9. The Hall–Kier alpha value is -1.09. The van der Waals surface area contributed by atoms with Gasteiger partial charge in [-0.05, 0) is 47.2 Å². The summed E-state index contributed by atoms with van der Waals surface area (Å²) in [5.41, 5.74) is 1.74. The van der Waals surface area contributed by atoms with Gasteiger partial charge in [-0.15, -0.1) is 0 Å². The summed E-state index contributed by atoms with van der Waals surface area (Å²) in [4.78, 5) is 22.9. The van der Waals surface area contributed by atoms with E-state index in [1.54, 1.807) is 6.07 Å². The standard InChI is InChI=1S/C13H13BrINO4/c1-7-8(14)4-5-9(12(7)15)16-10(13(18)20-3)6-11(17)19-2/h4-6,16H,1-3H3/b10-6+. The van der Waals surface area contributed by atoms with E-state index in [4.69, 9.17) is 0 Å². The van der Waals surface area contributed by atoms with Gasteiger partial charge in [-0.2, -0.15) is 0 Å². The highest BCUT2D eigenvalue weighted by molar-refractivity contribution is 14.1. The third-order valence-electron chi connectivity index (χ3n) is 2.46. The number of anilines is 1. The molecule has 20 heavy (non-hydrogen) atoms. The molecule has 0 spiro atoms. The van der Waals surface area contributed by atoms with Gasteiger partial charge in [0.25, 0.3) is 0 Å². The van der Waals surface area contributed by atoms with Crippen molar-refractivity contribution in [3.63, 3.8) is 0 Å². The van der Waals surface area contributed by atoms with Crippen LogP contribution in [0.4, 0.5) is 5.69 Å². The molecule has 0 aromatic heterocycles. The van der Waals surface area contributed by atoms with E-state index < -0.39 is 11.9 Å². The molecule has 1 aromatic rings. The molecule has 0 unspecified atom stereocenters. The van der Waals surface area contributed by atoms with Crippen LogP contribution < -0.4 is 5.32 Å². The Morgan fingerprint density at radius 3 is 2.50 bits per heavy atom. The van der Waals surface area contributed by atoms with Gasteiger partial charge in [-0.25, -0.2) is 9.59 Å². The van der Waals surface area contributed by atoms with Crippen LogP contribution in [0.1, 0.15) is 5.56 Å². The first-order chi connectivity index (χ1) is 9.40. The second-order valence-electron chi connectivity index (χ2n) is 3.73. The van der Waals surface area contributed by atoms with Crippen molar-refractivity contribution in [3.05, 3.63) is 37.5 Å². The van der Waals surface area contributed by atoms with Crippen molar-refractivity contribution in [1.82, 2.24) is 0 Å². The second kappa shape index (κ2) is 7.63. The molecule has 0 aliphatic heterocycles. The maximum absolute atomic E-state index is 11.7. The number of nitrogens with one attached hydrogen (secondary N) is 1. The van der Waals surface area contributed by atoms with Crippen LogP contribution in [-0.2, 0) is 19.1 Å². The lowest BCUT2D eigenvalue weighted by molar-refractivity contribution is -0.138. The highest BCUT2D eigenvalue weighted by Crippen LogP contribution is 2.29. The molecule has 0 fully saturated rings. The Balaban J connectivity index is 3.14. The minimum Gasteiger partial charge on any atom is -0.466 e. The van der Waals surface area contributed by atoms with Crippen LogP contribution in [0.2, 0.25) is 0 Å². The van der Waals surface area contributed by atoms with Crippen LogP contribution in [0.15, 0.2) is 28.4 Å². The van der Waals surface area contributed by atoms with Crippen LogP contribution in [0.3, 0.4) is 0 Å². The topological polar surface area (TPSA) is 64.6 Å². The zero-order valence-electron chi connectivity index (χ0n) is 11.1. The van der Waals surface area contributed by atoms with Crippen LogP contribution in [0.25, 0.3) is 0 Å². The summed E-state index contributed by atoms with van der Waals surface area (Å²) in [6, 6.07) is 3.65. The van der Waals surface area contributed by atoms with E-state index in [9.17, 15) is 9.59 Å². The van der Waals surface area contributed by atoms with E-state index in [0.717, 1.165) is 19.7 Å². The quantitative estimate of drug-likeness (QED) is 0.431. The lowest BCUT2D eigenvalue weighted by atomic mass is 10.2. The fraction of sp³-hybridized carbons (Fsp3) is 0.231. The number of rotatable bonds is 4. The maximum Gasteiger partial charge on any atom is 0.354 e. The Bertz CT molecular complexity index is 572. The third-order valence-corrected chi connectivity index (χ3v) is 4.71. The smallest absolute Gasteiger partial charge is 0.354 e. The average molecular weight is 454 g/mol. The minimum absolute atomic E-state index is 0.0130. The first-order valence-corrected chi connectivity index (χ1v) is 7.37. The van der Waals surface area contributed by atoms with Gasteiger partial charge in [0.15, 0.2) is 0 Å². The molecule has 0 aliphatic rings. The lowest BCUT2D eigenvalue weighted by Gasteiger charge is -2.13. The SMILES string of the molecule is COC(=O)/C=C(/Nc1ccc(Br)c(C)c1I)C(=O)OC. The number of hydrogen-bond donors (Lipinski definition) is 1. The maximum atomic E-state index is 11.7. The van der Waals surface area contributed by atoms with Crippen molar-refractivity contribution in [2.24, 2.45) is 0 Å². The summed E-state index contributed by atoms with van der Waals surface area (Å²) >= 11 is 5.58. The molecular weight excluding hydrogens is 441 g/mol. The van der Waals surface area contributed by atoms with Gasteiger partial charge in [0.05, 0.1) is 26.0 Å². The number of hydrogen-bond acceptors (Lipinski definition) is 5. The number of carbonyl (C=O) groups is 2. The highest BCUT2D eigenvalue weighted by Gasteiger charge is 2.15. The fourth-order valence-electron chi connectivity index (χ4n) is 1.34. The highest BCUT2D eigenvalue weighted by atomic mass is 127. The number of benzene rings is 1. The Kier molecular flexibility index (Phi) is 6.47. The molecule has 7 heteroatoms. The molecule has 5 nitrogen and oxygen atoms in total. The molecule has 1 N–H and O–H groups in total. The summed E-state index contributed by atoms with van der Waals surface area (Å²) in [6.45, 7) is 1.94. The Morgan fingerprint density at radius 1 is 1.30 bits per heavy atom. The summed E-state index contributed by atoms with van der Waals surface area (Å²) < 4.78 is 11.0. The summed E-state index contributed by atoms with van der Waals surface area (Å²) in [6.07, 6.45) is 1.05. The van der Waals surface area contributed by atoms with E-state index in [1.807, 2.05) is 13.0 Å². The molecule has 1 aromatic carbocycles. The van der Waals surface area contributed by atoms with Gasteiger partial charge in [0.2, 0.25) is 0 Å². The molecule has 0 heterocycles. The van der Waals surface area contributed by atoms with Gasteiger partial charge in [0.1, 0.15) is 5.70 Å². The lowest BCUT2D eigenvalue weighted by Crippen LogP contribution is -2.16. The zero-order chi connectivity index (χ0) is 15.3. The molecular formula is C13H13BrINO4. The largest absolute Gasteiger partial charge is 0.466 e. The first-order valence-electron chi connectivity index (χ1n) is 5.50. The van der Waals surface area contributed by atoms with Crippen molar-refractivity contribution in [2.45, 2.75) is 6.92 Å². The van der Waals surface area contributed by atoms with E-state index in [1.165, 1.54) is 14.2 Å². The van der Waals surface area contributed by atoms with Crippen molar-refractivity contribution in [2.75, 3.05) is 19.5 Å². The molecule has 0 saturated heterocycles. The molecule has 0 bridgehead atoms. The molecule has 0 saturated carbocycles. The van der Waals surface area contributed by atoms with E-state index in [2.05, 4.69) is 53.3 Å². The van der Waals surface area contributed by atoms with Crippen molar-refractivity contribution in [3.8, 4) is 0 Å². The number of methoxy groups -OCH3 is 2. The molecule has 0 amide bonds. The average Bonchev–Trinajstić information content (AvgIpc) is 2.45. The van der Waals surface area contributed by atoms with E-state index >= 15 is 0 Å². The predicted molar refractivity (Wildman–Crippen MR) is 87.3 cm³/mol. The zero-order valence-corrected chi connectivity index (χ0v) is 14.9. The van der Waals surface area contributed by atoms with Crippen LogP contribution in [-0.4, -0.2) is 26.2 Å². The number of halogens is 2. The molecule has 0 aliphatic carbocycles. The molecule has 0 radical (unpaired) electrons. The van der Waals surface area contributed by atoms with Crippen molar-refractivity contribution < 1.29 is 19.1 Å². The number of ether oxygens (including phenoxy) is 2. The summed E-state index contributed by atoms with van der Waals surface area (Å²) in [5, 5.41) is 2.89. The Morgan fingerprint density at radius 2 is 1.95 bits per heavy atom. The van der Waals surface area contributed by atoms with Gasteiger partial charge in [-0.1, -0.05) is 15.9 Å². The van der Waals surface area contributed by atoms with E-state index in [-0.39, 0.29) is 5.70 Å². The summed E-state index contributed by atoms with van der Waals surface area (Å²) in [5.74, 6) is -1.28. The van der Waals surface area contributed by atoms with Gasteiger partial charge < -0.3 is 14.8 Å². The van der Waals surface area contributed by atoms with Crippen molar-refractivity contribution in [1.29, 1.82) is 0 Å².